The van der Waals surface area contributed by atoms with Crippen molar-refractivity contribution in [2.24, 2.45) is 5.73 Å². The van der Waals surface area contributed by atoms with Crippen LogP contribution in [0.1, 0.15) is 46.4 Å². The summed E-state index contributed by atoms with van der Waals surface area (Å²) in [5.41, 5.74) is 6.54. The highest BCUT2D eigenvalue weighted by Gasteiger charge is 2.45. The minimum Gasteiger partial charge on any atom is -0.375 e. The van der Waals surface area contributed by atoms with E-state index in [0.717, 1.165) is 17.7 Å². The molecule has 0 saturated carbocycles. The second kappa shape index (κ2) is 7.86. The number of imide groups is 2. The first-order valence-electron chi connectivity index (χ1n) is 9.98. The molecule has 1 aromatic carbocycles. The molecule has 3 aliphatic rings. The van der Waals surface area contributed by atoms with E-state index in [4.69, 9.17) is 5.73 Å². The van der Waals surface area contributed by atoms with E-state index in [0.29, 0.717) is 18.8 Å². The normalized spacial score (nSPS) is 22.2. The second-order valence-corrected chi connectivity index (χ2v) is 7.75. The second-order valence-electron chi connectivity index (χ2n) is 7.75. The van der Waals surface area contributed by atoms with Crippen LogP contribution in [0, 0.1) is 0 Å². The number of anilines is 1. The molecule has 1 unspecified atom stereocenters. The van der Waals surface area contributed by atoms with Crippen LogP contribution >= 0.6 is 0 Å². The van der Waals surface area contributed by atoms with Gasteiger partial charge < -0.3 is 16.0 Å². The number of likely N-dealkylation sites (tertiary alicyclic amines) is 1. The summed E-state index contributed by atoms with van der Waals surface area (Å²) in [6.07, 6.45) is 1.65. The molecule has 0 radical (unpaired) electrons. The fourth-order valence-corrected chi connectivity index (χ4v) is 4.09. The van der Waals surface area contributed by atoms with Gasteiger partial charge in [0.2, 0.25) is 17.7 Å². The fourth-order valence-electron chi connectivity index (χ4n) is 4.09. The Kier molecular flexibility index (Phi) is 5.25. The molecular formula is C20H23N5O5. The van der Waals surface area contributed by atoms with E-state index in [1.165, 1.54) is 6.07 Å². The SMILES string of the molecule is NC1CCN(C(=O)CNc2cccc3c2C(=O)N(C2CCC(=O)NC2=O)C3=O)CC1. The number of nitrogens with zero attached hydrogens (tertiary/aromatic N) is 2. The van der Waals surface area contributed by atoms with Crippen LogP contribution in [0.4, 0.5) is 5.69 Å². The van der Waals surface area contributed by atoms with Gasteiger partial charge in [0.1, 0.15) is 6.04 Å². The maximum atomic E-state index is 13.0. The number of rotatable bonds is 4. The average Bonchev–Trinajstić information content (AvgIpc) is 2.98. The van der Waals surface area contributed by atoms with Crippen molar-refractivity contribution in [1.82, 2.24) is 15.1 Å². The number of amides is 5. The molecule has 5 amide bonds. The van der Waals surface area contributed by atoms with Crippen LogP contribution in [-0.4, -0.2) is 71.1 Å². The van der Waals surface area contributed by atoms with E-state index >= 15 is 0 Å². The smallest absolute Gasteiger partial charge is 0.264 e. The van der Waals surface area contributed by atoms with Crippen LogP contribution in [0.3, 0.4) is 0 Å². The fraction of sp³-hybridized carbons (Fsp3) is 0.450. The first-order chi connectivity index (χ1) is 14.4. The predicted octanol–water partition coefficient (Wildman–Crippen LogP) is -0.551. The van der Waals surface area contributed by atoms with E-state index in [1.807, 2.05) is 0 Å². The number of hydrogen-bond acceptors (Lipinski definition) is 7. The first kappa shape index (κ1) is 20.0. The van der Waals surface area contributed by atoms with Gasteiger partial charge in [-0.3, -0.25) is 34.2 Å². The van der Waals surface area contributed by atoms with Crippen molar-refractivity contribution in [2.75, 3.05) is 25.0 Å². The molecule has 0 bridgehead atoms. The minimum absolute atomic E-state index is 0.0222. The van der Waals surface area contributed by atoms with Crippen LogP contribution < -0.4 is 16.4 Å². The number of piperidine rings is 2. The summed E-state index contributed by atoms with van der Waals surface area (Å²) >= 11 is 0. The van der Waals surface area contributed by atoms with Gasteiger partial charge in [0.15, 0.2) is 0 Å². The summed E-state index contributed by atoms with van der Waals surface area (Å²) in [7, 11) is 0. The molecule has 0 spiro atoms. The third-order valence-corrected chi connectivity index (χ3v) is 5.79. The lowest BCUT2D eigenvalue weighted by molar-refractivity contribution is -0.136. The van der Waals surface area contributed by atoms with E-state index in [2.05, 4.69) is 10.6 Å². The maximum Gasteiger partial charge on any atom is 0.264 e. The monoisotopic (exact) mass is 413 g/mol. The van der Waals surface area contributed by atoms with Gasteiger partial charge in [-0.2, -0.15) is 0 Å². The van der Waals surface area contributed by atoms with Crippen LogP contribution in [0.25, 0.3) is 0 Å². The quantitative estimate of drug-likeness (QED) is 0.562. The van der Waals surface area contributed by atoms with E-state index in [-0.39, 0.29) is 42.5 Å². The van der Waals surface area contributed by atoms with Gasteiger partial charge in [0, 0.05) is 31.2 Å². The summed E-state index contributed by atoms with van der Waals surface area (Å²) in [5, 5.41) is 5.14. The van der Waals surface area contributed by atoms with Crippen molar-refractivity contribution in [3.8, 4) is 0 Å². The Labute approximate surface area is 172 Å². The highest BCUT2D eigenvalue weighted by molar-refractivity contribution is 6.25. The van der Waals surface area contributed by atoms with Gasteiger partial charge in [-0.25, -0.2) is 0 Å². The summed E-state index contributed by atoms with van der Waals surface area (Å²) in [5.74, 6) is -2.38. The molecule has 30 heavy (non-hydrogen) atoms. The third-order valence-electron chi connectivity index (χ3n) is 5.79. The zero-order valence-electron chi connectivity index (χ0n) is 16.3. The van der Waals surface area contributed by atoms with Crippen molar-refractivity contribution < 1.29 is 24.0 Å². The van der Waals surface area contributed by atoms with Gasteiger partial charge in [-0.05, 0) is 31.4 Å². The van der Waals surface area contributed by atoms with Gasteiger partial charge in [0.25, 0.3) is 11.8 Å². The number of nitrogens with two attached hydrogens (primary N) is 1. The third kappa shape index (κ3) is 3.54. The summed E-state index contributed by atoms with van der Waals surface area (Å²) in [4.78, 5) is 64.5. The molecule has 2 saturated heterocycles. The molecule has 0 aliphatic carbocycles. The van der Waals surface area contributed by atoms with E-state index < -0.39 is 29.7 Å². The highest BCUT2D eigenvalue weighted by atomic mass is 16.2. The number of carbonyl (C=O) groups excluding carboxylic acids is 5. The summed E-state index contributed by atoms with van der Waals surface area (Å²) < 4.78 is 0. The number of hydrogen-bond donors (Lipinski definition) is 3. The van der Waals surface area contributed by atoms with Crippen molar-refractivity contribution in [3.63, 3.8) is 0 Å². The van der Waals surface area contributed by atoms with Gasteiger partial charge in [0.05, 0.1) is 17.7 Å². The lowest BCUT2D eigenvalue weighted by atomic mass is 10.0. The van der Waals surface area contributed by atoms with Crippen LogP contribution in [0.15, 0.2) is 18.2 Å². The Hall–Kier alpha value is -3.27. The average molecular weight is 413 g/mol. The lowest BCUT2D eigenvalue weighted by Gasteiger charge is -2.30. The highest BCUT2D eigenvalue weighted by Crippen LogP contribution is 2.32. The number of benzene rings is 1. The number of nitrogens with one attached hydrogen (secondary N) is 2. The van der Waals surface area contributed by atoms with Crippen molar-refractivity contribution >= 4 is 35.2 Å². The first-order valence-corrected chi connectivity index (χ1v) is 9.98. The molecular weight excluding hydrogens is 390 g/mol. The Morgan fingerprint density at radius 3 is 2.53 bits per heavy atom. The van der Waals surface area contributed by atoms with E-state index in [1.54, 1.807) is 17.0 Å². The standard InChI is InChI=1S/C20H23N5O5/c21-11-6-8-24(9-7-11)16(27)10-22-13-3-1-2-12-17(13)20(30)25(19(12)29)14-4-5-15(26)23-18(14)28/h1-3,11,14,22H,4-10,21H2,(H,23,26,28). The topological polar surface area (TPSA) is 142 Å². The molecule has 10 heteroatoms. The van der Waals surface area contributed by atoms with Crippen molar-refractivity contribution in [2.45, 2.75) is 37.8 Å². The Morgan fingerprint density at radius 2 is 1.83 bits per heavy atom. The molecule has 3 heterocycles. The molecule has 4 N–H and O–H groups in total. The molecule has 1 atom stereocenters. The molecule has 1 aromatic rings. The molecule has 3 aliphatic heterocycles. The maximum absolute atomic E-state index is 13.0. The Morgan fingerprint density at radius 1 is 1.10 bits per heavy atom. The van der Waals surface area contributed by atoms with Gasteiger partial charge >= 0.3 is 0 Å². The molecule has 4 rings (SSSR count). The molecule has 0 aromatic heterocycles. The number of fused-ring (bicyclic) bond motifs is 1. The number of carbonyl (C=O) groups is 5. The van der Waals surface area contributed by atoms with Gasteiger partial charge in [-0.1, -0.05) is 6.07 Å². The molecule has 2 fully saturated rings. The minimum atomic E-state index is -1.03. The Balaban J connectivity index is 1.50. The Bertz CT molecular complexity index is 938. The van der Waals surface area contributed by atoms with Crippen molar-refractivity contribution in [3.05, 3.63) is 29.3 Å². The largest absolute Gasteiger partial charge is 0.375 e. The van der Waals surface area contributed by atoms with Gasteiger partial charge in [-0.15, -0.1) is 0 Å². The predicted molar refractivity (Wildman–Crippen MR) is 105 cm³/mol. The zero-order chi connectivity index (χ0) is 21.4. The molecule has 158 valence electrons. The van der Waals surface area contributed by atoms with Crippen LogP contribution in [0.2, 0.25) is 0 Å². The lowest BCUT2D eigenvalue weighted by Crippen LogP contribution is -2.54. The summed E-state index contributed by atoms with van der Waals surface area (Å²) in [6, 6.07) is 3.84. The van der Waals surface area contributed by atoms with Crippen LogP contribution in [-0.2, 0) is 14.4 Å². The van der Waals surface area contributed by atoms with Crippen LogP contribution in [0.5, 0.6) is 0 Å². The summed E-state index contributed by atoms with van der Waals surface area (Å²) in [6.45, 7) is 1.16. The van der Waals surface area contributed by atoms with Crippen molar-refractivity contribution in [1.29, 1.82) is 0 Å². The zero-order valence-corrected chi connectivity index (χ0v) is 16.3. The molecule has 10 nitrogen and oxygen atoms in total. The van der Waals surface area contributed by atoms with E-state index in [9.17, 15) is 24.0 Å².